The van der Waals surface area contributed by atoms with Crippen molar-refractivity contribution < 1.29 is 40.8 Å². The zero-order valence-corrected chi connectivity index (χ0v) is 59.5. The fraction of sp³-hybridized carbons (Fsp3) is 0.389. The lowest BCUT2D eigenvalue weighted by atomic mass is 10.2. The van der Waals surface area contributed by atoms with E-state index in [4.69, 9.17) is 63.8 Å². The topological polar surface area (TPSA) is 239 Å². The quantitative estimate of drug-likeness (QED) is 0.0194. The molecule has 85 heavy (non-hydrogen) atoms. The summed E-state index contributed by atoms with van der Waals surface area (Å²) in [6, 6.07) is 22.8. The van der Waals surface area contributed by atoms with Gasteiger partial charge in [-0.05, 0) is 217 Å². The van der Waals surface area contributed by atoms with Crippen molar-refractivity contribution in [3.63, 3.8) is 0 Å². The highest BCUT2D eigenvalue weighted by atomic mass is 79.9. The van der Waals surface area contributed by atoms with E-state index in [0.717, 1.165) is 49.7 Å². The first-order chi connectivity index (χ1) is 40.8. The third kappa shape index (κ3) is 31.9. The van der Waals surface area contributed by atoms with Crippen LogP contribution in [-0.2, 0) is 60.1 Å². The van der Waals surface area contributed by atoms with Gasteiger partial charge in [-0.15, -0.1) is 0 Å². The predicted octanol–water partition coefficient (Wildman–Crippen LogP) is 14.5. The van der Waals surface area contributed by atoms with Crippen LogP contribution in [0.4, 0.5) is 17.5 Å². The Balaban J connectivity index is 0.000000313. The van der Waals surface area contributed by atoms with E-state index in [1.807, 2.05) is 73.1 Å². The van der Waals surface area contributed by atoms with Gasteiger partial charge in [-0.25, -0.2) is 15.0 Å². The number of thiocarbonyl (C=S) groups is 3. The number of nitrogens with zero attached hydrogens (tertiary/aromatic N) is 8. The van der Waals surface area contributed by atoms with Crippen LogP contribution in [0.25, 0.3) is 0 Å². The summed E-state index contributed by atoms with van der Waals surface area (Å²) in [4.78, 5) is 28.6. The molecule has 6 aromatic rings. The van der Waals surface area contributed by atoms with Crippen LogP contribution in [0.3, 0.4) is 0 Å². The van der Waals surface area contributed by atoms with E-state index in [-0.39, 0.29) is 30.9 Å². The molecule has 0 unspecified atom stereocenters. The van der Waals surface area contributed by atoms with Gasteiger partial charge in [0.05, 0.1) is 39.6 Å². The third-order valence-corrected chi connectivity index (χ3v) is 20.2. The summed E-state index contributed by atoms with van der Waals surface area (Å²) < 4.78 is 71.6. The zero-order valence-electron chi connectivity index (χ0n) is 48.1. The second-order valence-electron chi connectivity index (χ2n) is 16.9. The predicted molar refractivity (Wildman–Crippen MR) is 366 cm³/mol. The third-order valence-electron chi connectivity index (χ3n) is 10.4. The summed E-state index contributed by atoms with van der Waals surface area (Å²) >= 11 is 29.4. The monoisotopic (exact) mass is 1540 g/mol. The number of aromatic nitrogens is 6. The number of alkyl halides is 1. The molecule has 0 bridgehead atoms. The highest BCUT2D eigenvalue weighted by Gasteiger charge is 2.31. The molecule has 0 atom stereocenters. The molecule has 0 aliphatic heterocycles. The number of nitrogens with one attached hydrogen (secondary N) is 4. The molecule has 31 heteroatoms. The standard InChI is InChI=1S/2C18H24BrN4O3PS.C13H13BrN4S.C5H12BrO3P/c1-3-25-27(24,26-4-2)14-23(11-9-15-6-5-10-20-12-15)18(28)22-17-8-7-16(19)13-21-17;1-3-25-27(24,26-4-2)14-23(17-8-7-16(19)13-22-17)18(28)21-11-9-15-6-5-10-20-12-15;14-11-3-4-12(17-9-11)18-13(19)16-7-5-10-2-1-6-15-8-10;1-3-8-10(7,5-6)9-4-2/h5-8,10,12-13H,3-4,9,11,14H2,1-2H3,(H,21,22,28);5-8,10,12-13H,3-4,9,11,14H2,1-2H3,(H,21,28);1-4,6,8-9H,5,7H2,(H2,16,17,18,19);3-5H2,1-2H3. The van der Waals surface area contributed by atoms with Crippen molar-refractivity contribution in [2.75, 3.05) is 92.5 Å². The highest BCUT2D eigenvalue weighted by molar-refractivity contribution is 9.11. The van der Waals surface area contributed by atoms with Crippen LogP contribution in [0.15, 0.2) is 142 Å². The minimum absolute atomic E-state index is 0.0258. The first kappa shape index (κ1) is 75.6. The van der Waals surface area contributed by atoms with Gasteiger partial charge in [0.2, 0.25) is 0 Å². The lowest BCUT2D eigenvalue weighted by Gasteiger charge is -2.29. The van der Waals surface area contributed by atoms with Gasteiger partial charge in [-0.1, -0.05) is 34.1 Å². The van der Waals surface area contributed by atoms with Gasteiger partial charge in [-0.2, -0.15) is 0 Å². The Bertz CT molecular complexity index is 2960. The molecule has 0 spiro atoms. The lowest BCUT2D eigenvalue weighted by Crippen LogP contribution is -2.42. The van der Waals surface area contributed by atoms with Crippen molar-refractivity contribution in [2.24, 2.45) is 0 Å². The van der Waals surface area contributed by atoms with Crippen molar-refractivity contribution in [3.8, 4) is 0 Å². The number of pyridine rings is 6. The summed E-state index contributed by atoms with van der Waals surface area (Å²) in [5.74, 6) is 1.88. The van der Waals surface area contributed by atoms with Crippen molar-refractivity contribution in [1.82, 2.24) is 45.4 Å². The van der Waals surface area contributed by atoms with Crippen molar-refractivity contribution in [1.29, 1.82) is 0 Å². The Kier molecular flexibility index (Phi) is 38.3. The van der Waals surface area contributed by atoms with Crippen molar-refractivity contribution in [2.45, 2.75) is 60.8 Å². The normalized spacial score (nSPS) is 11.0. The second-order valence-corrected chi connectivity index (χ2v) is 28.3. The molecular formula is C54H73Br4N12O9P3S3. The zero-order chi connectivity index (χ0) is 62.4. The second kappa shape index (κ2) is 43.1. The summed E-state index contributed by atoms with van der Waals surface area (Å²) in [5, 5.41) is 14.1. The van der Waals surface area contributed by atoms with Crippen molar-refractivity contribution in [3.05, 3.63) is 159 Å². The summed E-state index contributed by atoms with van der Waals surface area (Å²) in [6.07, 6.45) is 18.1. The summed E-state index contributed by atoms with van der Waals surface area (Å²) in [7, 11) is -9.45. The van der Waals surface area contributed by atoms with E-state index >= 15 is 0 Å². The summed E-state index contributed by atoms with van der Waals surface area (Å²) in [6.45, 7) is 14.6. The number of halogens is 4. The fourth-order valence-electron chi connectivity index (χ4n) is 6.79. The van der Waals surface area contributed by atoms with Gasteiger partial charge < -0.3 is 53.3 Å². The van der Waals surface area contributed by atoms with E-state index in [1.54, 1.807) is 107 Å². The molecule has 464 valence electrons. The molecule has 6 aromatic heterocycles. The van der Waals surface area contributed by atoms with Gasteiger partial charge in [0.15, 0.2) is 15.3 Å². The average molecular weight is 1540 g/mol. The maximum Gasteiger partial charge on any atom is 0.350 e. The van der Waals surface area contributed by atoms with Crippen LogP contribution < -0.4 is 26.2 Å². The first-order valence-corrected chi connectivity index (χ1v) is 36.6. The molecule has 0 fully saturated rings. The molecule has 0 aliphatic carbocycles. The van der Waals surface area contributed by atoms with Crippen LogP contribution in [0, 0.1) is 0 Å². The van der Waals surface area contributed by atoms with Gasteiger partial charge >= 0.3 is 22.8 Å². The van der Waals surface area contributed by atoms with E-state index < -0.39 is 22.8 Å². The highest BCUT2D eigenvalue weighted by Crippen LogP contribution is 2.50. The van der Waals surface area contributed by atoms with Crippen LogP contribution in [0.2, 0.25) is 0 Å². The minimum atomic E-state index is -3.36. The maximum atomic E-state index is 13.0. The van der Waals surface area contributed by atoms with E-state index in [9.17, 15) is 13.7 Å². The maximum absolute atomic E-state index is 13.0. The van der Waals surface area contributed by atoms with Crippen LogP contribution >= 0.6 is 123 Å². The number of anilines is 3. The Labute approximate surface area is 549 Å². The summed E-state index contributed by atoms with van der Waals surface area (Å²) in [5.41, 5.74) is 3.33. The molecule has 0 aliphatic rings. The Morgan fingerprint density at radius 3 is 1.31 bits per heavy atom. The molecule has 0 amide bonds. The molecule has 0 radical (unpaired) electrons. The Hall–Kier alpha value is -3.66. The number of rotatable bonds is 29. The molecular weight excluding hydrogens is 1470 g/mol. The molecule has 21 nitrogen and oxygen atoms in total. The molecule has 0 saturated heterocycles. The Morgan fingerprint density at radius 2 is 0.906 bits per heavy atom. The molecule has 0 saturated carbocycles. The van der Waals surface area contributed by atoms with Crippen LogP contribution in [-0.4, -0.2) is 127 Å². The minimum Gasteiger partial charge on any atom is -0.362 e. The number of hydrogen-bond donors (Lipinski definition) is 4. The van der Waals surface area contributed by atoms with E-state index in [2.05, 4.69) is 115 Å². The SMILES string of the molecule is CCOP(=O)(CBr)OCC.CCOP(=O)(CN(C(=S)NCCc1cccnc1)c1ccc(Br)cn1)OCC.CCOP(=O)(CN(CCc1cccnc1)C(=S)Nc1ccc(Br)cn1)OCC.S=C(NCCc1cccnc1)Nc1ccc(Br)cn1. The van der Waals surface area contributed by atoms with Gasteiger partial charge in [0.1, 0.15) is 35.1 Å². The van der Waals surface area contributed by atoms with E-state index in [1.165, 1.54) is 5.56 Å². The largest absolute Gasteiger partial charge is 0.362 e. The number of hydrogen-bond acceptors (Lipinski definition) is 18. The van der Waals surface area contributed by atoms with Gasteiger partial charge in [0, 0.05) is 88.8 Å². The first-order valence-electron chi connectivity index (χ1n) is 26.7. The average Bonchev–Trinajstić information content (AvgIpc) is 3.69. The van der Waals surface area contributed by atoms with Crippen molar-refractivity contribution >= 4 is 156 Å². The molecule has 4 N–H and O–H groups in total. The Morgan fingerprint density at radius 1 is 0.494 bits per heavy atom. The fourth-order valence-corrected chi connectivity index (χ4v) is 13.7. The molecule has 6 rings (SSSR count). The van der Waals surface area contributed by atoms with Crippen LogP contribution in [0.1, 0.15) is 58.2 Å². The van der Waals surface area contributed by atoms with Gasteiger partial charge in [0.25, 0.3) is 0 Å². The van der Waals surface area contributed by atoms with Crippen LogP contribution in [0.5, 0.6) is 0 Å². The molecule has 0 aromatic carbocycles. The van der Waals surface area contributed by atoms with E-state index in [0.29, 0.717) is 72.9 Å². The lowest BCUT2D eigenvalue weighted by molar-refractivity contribution is 0.210. The van der Waals surface area contributed by atoms with Gasteiger partial charge in [-0.3, -0.25) is 33.5 Å². The smallest absolute Gasteiger partial charge is 0.350 e. The molecule has 6 heterocycles.